The lowest BCUT2D eigenvalue weighted by atomic mass is 9.77. The zero-order valence-corrected chi connectivity index (χ0v) is 13.8. The number of nitrogens with zero attached hydrogens (tertiary/aromatic N) is 1. The number of nitrogens with two attached hydrogens (primary N) is 1. The van der Waals surface area contributed by atoms with E-state index in [1.807, 2.05) is 6.07 Å². The van der Waals surface area contributed by atoms with Crippen LogP contribution in [0.5, 0.6) is 0 Å². The average Bonchev–Trinajstić information content (AvgIpc) is 2.54. The molecule has 0 spiro atoms. The predicted octanol–water partition coefficient (Wildman–Crippen LogP) is 4.68. The summed E-state index contributed by atoms with van der Waals surface area (Å²) >= 11 is 3.47. The fraction of sp³-hybridized carbons (Fsp3) is 0.625. The quantitative estimate of drug-likeness (QED) is 0.759. The van der Waals surface area contributed by atoms with Crippen LogP contribution >= 0.6 is 15.9 Å². The van der Waals surface area contributed by atoms with Crippen LogP contribution in [0.15, 0.2) is 22.7 Å². The Morgan fingerprint density at radius 2 is 1.95 bits per heavy atom. The molecule has 1 aliphatic rings. The van der Waals surface area contributed by atoms with Crippen molar-refractivity contribution in [2.45, 2.75) is 40.0 Å². The van der Waals surface area contributed by atoms with Gasteiger partial charge in [-0.05, 0) is 48.8 Å². The molecule has 2 rings (SSSR count). The molecule has 0 bridgehead atoms. The Hall–Kier alpha value is -0.700. The first-order valence-electron chi connectivity index (χ1n) is 7.18. The van der Waals surface area contributed by atoms with Gasteiger partial charge in [-0.3, -0.25) is 0 Å². The highest BCUT2D eigenvalue weighted by Crippen LogP contribution is 2.36. The standard InChI is InChI=1S/C16H25BrN2/c1-16(2,3)12-5-4-9-19(10-8-12)15-7-6-13(17)11-14(15)18/h6-7,11-12H,4-5,8-10,18H2,1-3H3. The van der Waals surface area contributed by atoms with Gasteiger partial charge in [0.05, 0.1) is 11.4 Å². The van der Waals surface area contributed by atoms with Crippen LogP contribution in [0.4, 0.5) is 11.4 Å². The van der Waals surface area contributed by atoms with Crippen LogP contribution in [0, 0.1) is 11.3 Å². The van der Waals surface area contributed by atoms with E-state index in [-0.39, 0.29) is 0 Å². The molecule has 19 heavy (non-hydrogen) atoms. The maximum absolute atomic E-state index is 6.15. The van der Waals surface area contributed by atoms with Crippen LogP contribution in [0.2, 0.25) is 0 Å². The fourth-order valence-electron chi connectivity index (χ4n) is 3.02. The monoisotopic (exact) mass is 324 g/mol. The fourth-order valence-corrected chi connectivity index (χ4v) is 3.40. The minimum atomic E-state index is 0.418. The maximum atomic E-state index is 6.15. The number of benzene rings is 1. The molecule has 1 heterocycles. The van der Waals surface area contributed by atoms with Gasteiger partial charge in [-0.25, -0.2) is 0 Å². The maximum Gasteiger partial charge on any atom is 0.0600 e. The van der Waals surface area contributed by atoms with Crippen molar-refractivity contribution in [3.8, 4) is 0 Å². The molecule has 2 N–H and O–H groups in total. The molecule has 0 amide bonds. The molecule has 3 heteroatoms. The highest BCUT2D eigenvalue weighted by molar-refractivity contribution is 9.10. The second kappa shape index (κ2) is 5.74. The molecular formula is C16H25BrN2. The van der Waals surface area contributed by atoms with E-state index < -0.39 is 0 Å². The summed E-state index contributed by atoms with van der Waals surface area (Å²) in [4.78, 5) is 2.45. The molecule has 0 radical (unpaired) electrons. The third kappa shape index (κ3) is 3.65. The summed E-state index contributed by atoms with van der Waals surface area (Å²) in [6.07, 6.45) is 3.85. The van der Waals surface area contributed by atoms with E-state index in [2.05, 4.69) is 53.7 Å². The number of hydrogen-bond acceptors (Lipinski definition) is 2. The summed E-state index contributed by atoms with van der Waals surface area (Å²) in [5, 5.41) is 0. The van der Waals surface area contributed by atoms with Crippen molar-refractivity contribution in [1.82, 2.24) is 0 Å². The van der Waals surface area contributed by atoms with E-state index in [4.69, 9.17) is 5.73 Å². The lowest BCUT2D eigenvalue weighted by Crippen LogP contribution is -2.26. The predicted molar refractivity (Wildman–Crippen MR) is 87.6 cm³/mol. The first-order chi connectivity index (χ1) is 8.88. The zero-order chi connectivity index (χ0) is 14.0. The molecule has 1 fully saturated rings. The molecule has 0 saturated carbocycles. The Morgan fingerprint density at radius 3 is 2.58 bits per heavy atom. The molecule has 1 aromatic carbocycles. The van der Waals surface area contributed by atoms with E-state index in [9.17, 15) is 0 Å². The molecule has 1 aromatic rings. The van der Waals surface area contributed by atoms with Gasteiger partial charge in [-0.1, -0.05) is 36.7 Å². The van der Waals surface area contributed by atoms with Gasteiger partial charge < -0.3 is 10.6 Å². The van der Waals surface area contributed by atoms with Crippen LogP contribution in [-0.4, -0.2) is 13.1 Å². The van der Waals surface area contributed by atoms with Crippen molar-refractivity contribution < 1.29 is 0 Å². The van der Waals surface area contributed by atoms with Gasteiger partial charge in [0.1, 0.15) is 0 Å². The molecule has 2 nitrogen and oxygen atoms in total. The van der Waals surface area contributed by atoms with Crippen molar-refractivity contribution >= 4 is 27.3 Å². The second-order valence-electron chi connectivity index (χ2n) is 6.68. The minimum Gasteiger partial charge on any atom is -0.397 e. The lowest BCUT2D eigenvalue weighted by Gasteiger charge is -2.30. The molecule has 1 saturated heterocycles. The molecule has 0 aromatic heterocycles. The molecule has 1 atom stereocenters. The number of halogens is 1. The Labute approximate surface area is 125 Å². The van der Waals surface area contributed by atoms with Gasteiger partial charge in [0.2, 0.25) is 0 Å². The van der Waals surface area contributed by atoms with Crippen LogP contribution in [0.1, 0.15) is 40.0 Å². The van der Waals surface area contributed by atoms with Gasteiger partial charge in [0, 0.05) is 17.6 Å². The van der Waals surface area contributed by atoms with Crippen molar-refractivity contribution in [2.24, 2.45) is 11.3 Å². The molecule has 106 valence electrons. The summed E-state index contributed by atoms with van der Waals surface area (Å²) in [5.41, 5.74) is 8.64. The summed E-state index contributed by atoms with van der Waals surface area (Å²) in [6, 6.07) is 6.22. The Balaban J connectivity index is 2.11. The Bertz CT molecular complexity index is 437. The van der Waals surface area contributed by atoms with Crippen molar-refractivity contribution in [3.05, 3.63) is 22.7 Å². The van der Waals surface area contributed by atoms with Crippen LogP contribution in [0.25, 0.3) is 0 Å². The smallest absolute Gasteiger partial charge is 0.0600 e. The normalized spacial score (nSPS) is 21.3. The Morgan fingerprint density at radius 1 is 1.21 bits per heavy atom. The molecular weight excluding hydrogens is 300 g/mol. The summed E-state index contributed by atoms with van der Waals surface area (Å²) in [6.45, 7) is 9.33. The topological polar surface area (TPSA) is 29.3 Å². The van der Waals surface area contributed by atoms with E-state index >= 15 is 0 Å². The first kappa shape index (κ1) is 14.7. The number of hydrogen-bond donors (Lipinski definition) is 1. The largest absolute Gasteiger partial charge is 0.397 e. The highest BCUT2D eigenvalue weighted by atomic mass is 79.9. The van der Waals surface area contributed by atoms with Gasteiger partial charge in [-0.15, -0.1) is 0 Å². The number of nitrogen functional groups attached to an aromatic ring is 1. The van der Waals surface area contributed by atoms with Crippen LogP contribution in [0.3, 0.4) is 0 Å². The van der Waals surface area contributed by atoms with E-state index in [1.165, 1.54) is 24.9 Å². The van der Waals surface area contributed by atoms with Gasteiger partial charge in [0.25, 0.3) is 0 Å². The van der Waals surface area contributed by atoms with Crippen molar-refractivity contribution in [3.63, 3.8) is 0 Å². The lowest BCUT2D eigenvalue weighted by molar-refractivity contribution is 0.220. The minimum absolute atomic E-state index is 0.418. The summed E-state index contributed by atoms with van der Waals surface area (Å²) < 4.78 is 1.05. The third-order valence-corrected chi connectivity index (χ3v) is 4.78. The SMILES string of the molecule is CC(C)(C)C1CCCN(c2ccc(Br)cc2N)CC1. The third-order valence-electron chi connectivity index (χ3n) is 4.28. The molecule has 1 aliphatic heterocycles. The van der Waals surface area contributed by atoms with Gasteiger partial charge in [-0.2, -0.15) is 0 Å². The summed E-state index contributed by atoms with van der Waals surface area (Å²) in [7, 11) is 0. The van der Waals surface area contributed by atoms with E-state index in [0.29, 0.717) is 5.41 Å². The van der Waals surface area contributed by atoms with Crippen LogP contribution in [-0.2, 0) is 0 Å². The highest BCUT2D eigenvalue weighted by Gasteiger charge is 2.27. The number of rotatable bonds is 1. The number of anilines is 2. The summed E-state index contributed by atoms with van der Waals surface area (Å²) in [5.74, 6) is 0.814. The van der Waals surface area contributed by atoms with Gasteiger partial charge in [0.15, 0.2) is 0 Å². The zero-order valence-electron chi connectivity index (χ0n) is 12.2. The molecule has 0 aliphatic carbocycles. The van der Waals surface area contributed by atoms with Crippen molar-refractivity contribution in [1.29, 1.82) is 0 Å². The first-order valence-corrected chi connectivity index (χ1v) is 7.97. The van der Waals surface area contributed by atoms with E-state index in [1.54, 1.807) is 0 Å². The molecule has 1 unspecified atom stereocenters. The average molecular weight is 325 g/mol. The van der Waals surface area contributed by atoms with E-state index in [0.717, 1.165) is 29.2 Å². The second-order valence-corrected chi connectivity index (χ2v) is 7.60. The van der Waals surface area contributed by atoms with Crippen LogP contribution < -0.4 is 10.6 Å². The Kier molecular flexibility index (Phi) is 4.44. The van der Waals surface area contributed by atoms with Gasteiger partial charge >= 0.3 is 0 Å². The van der Waals surface area contributed by atoms with Crippen molar-refractivity contribution in [2.75, 3.05) is 23.7 Å².